The van der Waals surface area contributed by atoms with Crippen molar-refractivity contribution < 1.29 is 23.1 Å². The third-order valence-electron chi connectivity index (χ3n) is 1.17. The zero-order valence-corrected chi connectivity index (χ0v) is 9.58. The van der Waals surface area contributed by atoms with Crippen LogP contribution in [0.2, 0.25) is 0 Å². The van der Waals surface area contributed by atoms with Gasteiger partial charge in [0, 0.05) is 13.6 Å². The number of hydrogen-bond acceptors (Lipinski definition) is 4. The van der Waals surface area contributed by atoms with Crippen molar-refractivity contribution in [2.45, 2.75) is 12.7 Å². The third-order valence-corrected chi connectivity index (χ3v) is 1.79. The summed E-state index contributed by atoms with van der Waals surface area (Å²) in [5, 5.41) is 15.0. The highest BCUT2D eigenvalue weighted by atomic mass is 79.9. The fourth-order valence-corrected chi connectivity index (χ4v) is 1.02. The van der Waals surface area contributed by atoms with Gasteiger partial charge in [-0.1, -0.05) is 0 Å². The van der Waals surface area contributed by atoms with Crippen molar-refractivity contribution in [2.75, 3.05) is 0 Å². The van der Waals surface area contributed by atoms with Crippen LogP contribution < -0.4 is 5.73 Å². The average molecular weight is 305 g/mol. The Morgan fingerprint density at radius 3 is 2.12 bits per heavy atom. The molecule has 1 rings (SSSR count). The van der Waals surface area contributed by atoms with E-state index in [2.05, 4.69) is 26.1 Å². The van der Waals surface area contributed by atoms with Crippen LogP contribution in [-0.4, -0.2) is 32.2 Å². The van der Waals surface area contributed by atoms with Crippen LogP contribution in [0.5, 0.6) is 0 Å². The number of carboxylic acid groups (broad SMARTS) is 1. The van der Waals surface area contributed by atoms with Crippen molar-refractivity contribution in [2.24, 2.45) is 12.8 Å². The third kappa shape index (κ3) is 5.07. The average Bonchev–Trinajstić information content (AvgIpc) is 2.44. The van der Waals surface area contributed by atoms with Gasteiger partial charge in [-0.25, -0.2) is 4.79 Å². The SMILES string of the molecule is Cn1nc(Br)c(CN)n1.O=C(O)C(F)(F)F. The van der Waals surface area contributed by atoms with Crippen LogP contribution in [0.4, 0.5) is 13.2 Å². The number of halogens is 4. The van der Waals surface area contributed by atoms with Crippen LogP contribution >= 0.6 is 15.9 Å². The first kappa shape index (κ1) is 14.8. The van der Waals surface area contributed by atoms with E-state index in [-0.39, 0.29) is 0 Å². The van der Waals surface area contributed by atoms with Gasteiger partial charge in [-0.05, 0) is 15.9 Å². The fraction of sp³-hybridized carbons (Fsp3) is 0.500. The lowest BCUT2D eigenvalue weighted by molar-refractivity contribution is -0.192. The molecule has 6 nitrogen and oxygen atoms in total. The van der Waals surface area contributed by atoms with E-state index in [4.69, 9.17) is 15.6 Å². The first-order valence-corrected chi connectivity index (χ1v) is 4.53. The highest BCUT2D eigenvalue weighted by molar-refractivity contribution is 9.10. The number of alkyl halides is 3. The molecule has 0 aromatic carbocycles. The zero-order chi connectivity index (χ0) is 12.9. The van der Waals surface area contributed by atoms with E-state index in [0.717, 1.165) is 10.3 Å². The molecule has 0 aliphatic heterocycles. The Balaban J connectivity index is 0.000000293. The lowest BCUT2D eigenvalue weighted by Gasteiger charge is -1.93. The maximum atomic E-state index is 10.6. The molecule has 0 radical (unpaired) electrons. The summed E-state index contributed by atoms with van der Waals surface area (Å²) in [6.07, 6.45) is -5.08. The highest BCUT2D eigenvalue weighted by Crippen LogP contribution is 2.13. The monoisotopic (exact) mass is 304 g/mol. The number of aliphatic carboxylic acids is 1. The first-order chi connectivity index (χ1) is 7.18. The Morgan fingerprint density at radius 2 is 2.00 bits per heavy atom. The van der Waals surface area contributed by atoms with Crippen molar-refractivity contribution >= 4 is 21.9 Å². The van der Waals surface area contributed by atoms with E-state index in [1.54, 1.807) is 7.05 Å². The molecule has 3 N–H and O–H groups in total. The molecular weight excluding hydrogens is 297 g/mol. The maximum Gasteiger partial charge on any atom is 0.490 e. The second-order valence-electron chi connectivity index (χ2n) is 2.43. The minimum Gasteiger partial charge on any atom is -0.475 e. The Morgan fingerprint density at radius 1 is 1.56 bits per heavy atom. The van der Waals surface area contributed by atoms with Crippen LogP contribution in [0.1, 0.15) is 5.69 Å². The van der Waals surface area contributed by atoms with Crippen molar-refractivity contribution in [1.29, 1.82) is 0 Å². The number of carbonyl (C=O) groups is 1. The smallest absolute Gasteiger partial charge is 0.475 e. The van der Waals surface area contributed by atoms with Crippen LogP contribution in [0.25, 0.3) is 0 Å². The van der Waals surface area contributed by atoms with Gasteiger partial charge in [-0.15, -0.1) is 5.10 Å². The Hall–Kier alpha value is -1.16. The number of rotatable bonds is 1. The van der Waals surface area contributed by atoms with Crippen molar-refractivity contribution in [1.82, 2.24) is 15.0 Å². The number of hydrogen-bond donors (Lipinski definition) is 2. The molecule has 0 saturated carbocycles. The highest BCUT2D eigenvalue weighted by Gasteiger charge is 2.38. The first-order valence-electron chi connectivity index (χ1n) is 3.74. The van der Waals surface area contributed by atoms with E-state index in [0.29, 0.717) is 6.54 Å². The quantitative estimate of drug-likeness (QED) is 0.795. The molecule has 0 spiro atoms. The van der Waals surface area contributed by atoms with Crippen molar-refractivity contribution in [3.05, 3.63) is 10.3 Å². The molecule has 0 saturated heterocycles. The predicted molar refractivity (Wildman–Crippen MR) is 50.3 cm³/mol. The second-order valence-corrected chi connectivity index (χ2v) is 3.19. The van der Waals surface area contributed by atoms with Crippen LogP contribution in [0, 0.1) is 0 Å². The molecule has 0 fully saturated rings. The maximum absolute atomic E-state index is 10.6. The van der Waals surface area contributed by atoms with E-state index in [1.165, 1.54) is 4.80 Å². The molecule has 0 aliphatic rings. The Labute approximate surface area is 96.4 Å². The topological polar surface area (TPSA) is 94.0 Å². The summed E-state index contributed by atoms with van der Waals surface area (Å²) in [5.41, 5.74) is 6.11. The standard InChI is InChI=1S/C4H7BrN4.C2HF3O2/c1-9-7-3(2-6)4(5)8-9;3-2(4,5)1(6)7/h2,6H2,1H3;(H,6,7). The summed E-state index contributed by atoms with van der Waals surface area (Å²) >= 11 is 3.20. The number of nitrogens with zero attached hydrogens (tertiary/aromatic N) is 3. The number of aromatic nitrogens is 3. The van der Waals surface area contributed by atoms with Gasteiger partial charge in [0.25, 0.3) is 0 Å². The normalized spacial score (nSPS) is 10.6. The summed E-state index contributed by atoms with van der Waals surface area (Å²) in [4.78, 5) is 10.4. The van der Waals surface area contributed by atoms with E-state index < -0.39 is 12.1 Å². The number of carboxylic acids is 1. The summed E-state index contributed by atoms with van der Waals surface area (Å²) in [6, 6.07) is 0. The molecule has 0 unspecified atom stereocenters. The summed E-state index contributed by atoms with van der Waals surface area (Å²) in [5.74, 6) is -2.76. The molecule has 1 aromatic rings. The molecule has 1 aromatic heterocycles. The van der Waals surface area contributed by atoms with Crippen molar-refractivity contribution in [3.63, 3.8) is 0 Å². The predicted octanol–water partition coefficient (Wildman–Crippen LogP) is 0.670. The molecular formula is C6H8BrF3N4O2. The molecule has 92 valence electrons. The van der Waals surface area contributed by atoms with E-state index in [1.807, 2.05) is 0 Å². The Bertz CT molecular complexity index is 365. The largest absolute Gasteiger partial charge is 0.490 e. The van der Waals surface area contributed by atoms with E-state index >= 15 is 0 Å². The molecule has 1 heterocycles. The van der Waals surface area contributed by atoms with Crippen LogP contribution in [-0.2, 0) is 18.4 Å². The minimum atomic E-state index is -5.08. The molecule has 0 aliphatic carbocycles. The number of aryl methyl sites for hydroxylation is 1. The van der Waals surface area contributed by atoms with Gasteiger partial charge >= 0.3 is 12.1 Å². The van der Waals surface area contributed by atoms with Gasteiger partial charge in [-0.3, -0.25) is 0 Å². The molecule has 0 bridgehead atoms. The number of nitrogens with two attached hydrogens (primary N) is 1. The Kier molecular flexibility index (Phi) is 5.38. The van der Waals surface area contributed by atoms with Gasteiger partial charge in [0.05, 0.1) is 0 Å². The van der Waals surface area contributed by atoms with Gasteiger partial charge in [0.2, 0.25) is 0 Å². The lowest BCUT2D eigenvalue weighted by atomic mass is 10.5. The summed E-state index contributed by atoms with van der Waals surface area (Å²) in [7, 11) is 1.75. The fourth-order valence-electron chi connectivity index (χ4n) is 0.548. The van der Waals surface area contributed by atoms with Gasteiger partial charge in [0.15, 0.2) is 4.60 Å². The molecule has 0 atom stereocenters. The summed E-state index contributed by atoms with van der Waals surface area (Å²) < 4.78 is 32.5. The molecule has 0 amide bonds. The summed E-state index contributed by atoms with van der Waals surface area (Å²) in [6.45, 7) is 0.425. The second kappa shape index (κ2) is 5.80. The van der Waals surface area contributed by atoms with Gasteiger partial charge in [-0.2, -0.15) is 23.1 Å². The van der Waals surface area contributed by atoms with E-state index in [9.17, 15) is 13.2 Å². The van der Waals surface area contributed by atoms with Crippen LogP contribution in [0.3, 0.4) is 0 Å². The molecule has 16 heavy (non-hydrogen) atoms. The van der Waals surface area contributed by atoms with Gasteiger partial charge < -0.3 is 10.8 Å². The zero-order valence-electron chi connectivity index (χ0n) is 7.99. The molecule has 10 heteroatoms. The minimum absolute atomic E-state index is 0.425. The van der Waals surface area contributed by atoms with Gasteiger partial charge in [0.1, 0.15) is 5.69 Å². The van der Waals surface area contributed by atoms with Crippen LogP contribution in [0.15, 0.2) is 4.60 Å². The van der Waals surface area contributed by atoms with Crippen molar-refractivity contribution in [3.8, 4) is 0 Å². The lowest BCUT2D eigenvalue weighted by Crippen LogP contribution is -2.21.